The molecule has 2 heterocycles. The van der Waals surface area contributed by atoms with Gasteiger partial charge in [0.25, 0.3) is 5.91 Å². The first-order valence-corrected chi connectivity index (χ1v) is 11.0. The predicted octanol–water partition coefficient (Wildman–Crippen LogP) is 1.86. The number of amides is 3. The number of ether oxygens (including phenoxy) is 1. The smallest absolute Gasteiger partial charge is 0.269 e. The van der Waals surface area contributed by atoms with Gasteiger partial charge < -0.3 is 20.7 Å². The number of hydrogen-bond acceptors (Lipinski definition) is 5. The van der Waals surface area contributed by atoms with Crippen molar-refractivity contribution >= 4 is 40.2 Å². The Morgan fingerprint density at radius 3 is 2.76 bits per heavy atom. The summed E-state index contributed by atoms with van der Waals surface area (Å²) in [6.45, 7) is 0.270. The van der Waals surface area contributed by atoms with Crippen LogP contribution in [-0.4, -0.2) is 58.2 Å². The molecule has 1 fully saturated rings. The maximum absolute atomic E-state index is 14.1. The van der Waals surface area contributed by atoms with E-state index in [9.17, 15) is 18.8 Å². The van der Waals surface area contributed by atoms with Crippen LogP contribution >= 0.6 is 11.6 Å². The Hall–Kier alpha value is -3.50. The van der Waals surface area contributed by atoms with Gasteiger partial charge in [0.2, 0.25) is 11.8 Å². The van der Waals surface area contributed by atoms with Gasteiger partial charge in [-0.2, -0.15) is 5.10 Å². The number of nitrogens with one attached hydrogen (secondary N) is 1. The van der Waals surface area contributed by atoms with Gasteiger partial charge in [0.1, 0.15) is 12.4 Å². The van der Waals surface area contributed by atoms with Gasteiger partial charge in [0.05, 0.1) is 29.7 Å². The molecule has 34 heavy (non-hydrogen) atoms. The quantitative estimate of drug-likeness (QED) is 0.502. The van der Waals surface area contributed by atoms with E-state index >= 15 is 0 Å². The van der Waals surface area contributed by atoms with Crippen LogP contribution in [0.15, 0.2) is 42.5 Å². The molecule has 0 radical (unpaired) electrons. The molecule has 1 aliphatic rings. The molecule has 3 aromatic rings. The lowest BCUT2D eigenvalue weighted by molar-refractivity contribution is -0.139. The molecule has 1 atom stereocenters. The topological polar surface area (TPSA) is 120 Å². The van der Waals surface area contributed by atoms with Crippen LogP contribution in [0.25, 0.3) is 10.9 Å². The van der Waals surface area contributed by atoms with E-state index in [1.165, 1.54) is 21.7 Å². The highest BCUT2D eigenvalue weighted by molar-refractivity contribution is 6.30. The highest BCUT2D eigenvalue weighted by atomic mass is 35.5. The Balaban J connectivity index is 1.50. The third-order valence-corrected chi connectivity index (χ3v) is 5.96. The van der Waals surface area contributed by atoms with Crippen molar-refractivity contribution < 1.29 is 23.5 Å². The number of benzene rings is 2. The number of primary amides is 1. The Kier molecular flexibility index (Phi) is 7.09. The summed E-state index contributed by atoms with van der Waals surface area (Å²) in [5.74, 6) is -2.12. The van der Waals surface area contributed by atoms with Gasteiger partial charge in [-0.05, 0) is 18.6 Å². The number of fused-ring (bicyclic) bond motifs is 1. The van der Waals surface area contributed by atoms with Gasteiger partial charge in [0.15, 0.2) is 5.69 Å². The molecule has 0 unspecified atom stereocenters. The molecule has 4 rings (SSSR count). The van der Waals surface area contributed by atoms with E-state index in [0.29, 0.717) is 30.5 Å². The second kappa shape index (κ2) is 10.2. The molecule has 0 aliphatic carbocycles. The van der Waals surface area contributed by atoms with Crippen LogP contribution < -0.4 is 11.1 Å². The van der Waals surface area contributed by atoms with Gasteiger partial charge >= 0.3 is 0 Å². The van der Waals surface area contributed by atoms with Crippen LogP contribution in [0.4, 0.5) is 4.39 Å². The molecule has 0 bridgehead atoms. The average Bonchev–Trinajstić information content (AvgIpc) is 3.47. The summed E-state index contributed by atoms with van der Waals surface area (Å²) < 4.78 is 20.9. The zero-order valence-electron chi connectivity index (χ0n) is 18.2. The Morgan fingerprint density at radius 1 is 1.24 bits per heavy atom. The summed E-state index contributed by atoms with van der Waals surface area (Å²) in [7, 11) is 0. The largest absolute Gasteiger partial charge is 0.379 e. The van der Waals surface area contributed by atoms with Crippen molar-refractivity contribution in [3.63, 3.8) is 0 Å². The molecule has 11 heteroatoms. The van der Waals surface area contributed by atoms with Gasteiger partial charge in [0, 0.05) is 24.1 Å². The summed E-state index contributed by atoms with van der Waals surface area (Å²) in [5, 5.41) is 7.36. The minimum absolute atomic E-state index is 0.0339. The normalized spacial score (nSPS) is 15.4. The van der Waals surface area contributed by atoms with Crippen LogP contribution in [-0.2, 0) is 27.4 Å². The maximum atomic E-state index is 14.1. The van der Waals surface area contributed by atoms with E-state index in [1.807, 2.05) is 0 Å². The first kappa shape index (κ1) is 23.7. The van der Waals surface area contributed by atoms with Crippen molar-refractivity contribution in [1.82, 2.24) is 20.0 Å². The number of carbonyl (C=O) groups is 3. The molecular weight excluding hydrogens is 465 g/mol. The van der Waals surface area contributed by atoms with E-state index in [4.69, 9.17) is 22.1 Å². The second-order valence-corrected chi connectivity index (χ2v) is 8.32. The van der Waals surface area contributed by atoms with Crippen LogP contribution in [0.3, 0.4) is 0 Å². The Bertz CT molecular complexity index is 1240. The molecule has 1 aliphatic heterocycles. The lowest BCUT2D eigenvalue weighted by atomic mass is 10.2. The third-order valence-electron chi connectivity index (χ3n) is 5.66. The molecular formula is C23H23ClFN5O4. The number of rotatable bonds is 8. The Morgan fingerprint density at radius 2 is 2.03 bits per heavy atom. The SMILES string of the molecule is NC(=O)c1nn(CC(=O)N(CC(=O)NCc2cccc(Cl)c2F)[C@H]2CCOC2)c2ccccc12. The van der Waals surface area contributed by atoms with Crippen molar-refractivity contribution in [2.24, 2.45) is 5.73 Å². The molecule has 2 aromatic carbocycles. The van der Waals surface area contributed by atoms with Gasteiger partial charge in [-0.15, -0.1) is 0 Å². The average molecular weight is 488 g/mol. The molecule has 3 N–H and O–H groups in total. The summed E-state index contributed by atoms with van der Waals surface area (Å²) in [6.07, 6.45) is 0.578. The second-order valence-electron chi connectivity index (χ2n) is 7.92. The fourth-order valence-electron chi connectivity index (χ4n) is 3.93. The molecule has 178 valence electrons. The molecule has 1 aromatic heterocycles. The first-order valence-electron chi connectivity index (χ1n) is 10.7. The van der Waals surface area contributed by atoms with Crippen LogP contribution in [0.1, 0.15) is 22.5 Å². The van der Waals surface area contributed by atoms with E-state index in [1.54, 1.807) is 30.3 Å². The molecule has 9 nitrogen and oxygen atoms in total. The van der Waals surface area contributed by atoms with Gasteiger partial charge in [-0.3, -0.25) is 19.1 Å². The molecule has 1 saturated heterocycles. The number of nitrogens with two attached hydrogens (primary N) is 1. The van der Waals surface area contributed by atoms with Crippen molar-refractivity contribution in [3.8, 4) is 0 Å². The third kappa shape index (κ3) is 5.02. The number of para-hydroxylation sites is 1. The number of nitrogens with zero attached hydrogens (tertiary/aromatic N) is 3. The lowest BCUT2D eigenvalue weighted by Gasteiger charge is -2.27. The first-order chi connectivity index (χ1) is 16.3. The summed E-state index contributed by atoms with van der Waals surface area (Å²) in [6, 6.07) is 11.2. The van der Waals surface area contributed by atoms with E-state index < -0.39 is 17.6 Å². The van der Waals surface area contributed by atoms with Crippen LogP contribution in [0.2, 0.25) is 5.02 Å². The van der Waals surface area contributed by atoms with E-state index in [-0.39, 0.29) is 47.9 Å². The molecule has 3 amide bonds. The Labute approximate surface area is 199 Å². The number of aromatic nitrogens is 2. The van der Waals surface area contributed by atoms with Crippen LogP contribution in [0.5, 0.6) is 0 Å². The van der Waals surface area contributed by atoms with Crippen molar-refractivity contribution in [3.05, 3.63) is 64.6 Å². The monoisotopic (exact) mass is 487 g/mol. The summed E-state index contributed by atoms with van der Waals surface area (Å²) in [4.78, 5) is 39.1. The summed E-state index contributed by atoms with van der Waals surface area (Å²) in [5.41, 5.74) is 6.32. The fraction of sp³-hybridized carbons (Fsp3) is 0.304. The highest BCUT2D eigenvalue weighted by Gasteiger charge is 2.30. The van der Waals surface area contributed by atoms with Gasteiger partial charge in [-0.25, -0.2) is 4.39 Å². The minimum atomic E-state index is -0.698. The van der Waals surface area contributed by atoms with Gasteiger partial charge in [-0.1, -0.05) is 41.9 Å². The molecule has 0 spiro atoms. The number of hydrogen-bond donors (Lipinski definition) is 2. The zero-order chi connectivity index (χ0) is 24.2. The van der Waals surface area contributed by atoms with Crippen LogP contribution in [0, 0.1) is 5.82 Å². The number of carbonyl (C=O) groups excluding carboxylic acids is 3. The van der Waals surface area contributed by atoms with E-state index in [2.05, 4.69) is 10.4 Å². The van der Waals surface area contributed by atoms with Crippen molar-refractivity contribution in [2.45, 2.75) is 25.6 Å². The summed E-state index contributed by atoms with van der Waals surface area (Å²) >= 11 is 5.79. The highest BCUT2D eigenvalue weighted by Crippen LogP contribution is 2.20. The van der Waals surface area contributed by atoms with E-state index in [0.717, 1.165) is 0 Å². The zero-order valence-corrected chi connectivity index (χ0v) is 18.9. The van der Waals surface area contributed by atoms with Crippen molar-refractivity contribution in [1.29, 1.82) is 0 Å². The fourth-order valence-corrected chi connectivity index (χ4v) is 4.12. The van der Waals surface area contributed by atoms with Crippen molar-refractivity contribution in [2.75, 3.05) is 19.8 Å². The number of halogens is 2. The molecule has 0 saturated carbocycles. The standard InChI is InChI=1S/C23H23ClFN5O4/c24-17-6-3-4-14(21(17)25)10-27-19(31)11-29(15-8-9-34-13-15)20(32)12-30-18-7-2-1-5-16(18)22(28-30)23(26)33/h1-7,15H,8-13H2,(H2,26,33)(H,27,31)/t15-/m0/s1. The maximum Gasteiger partial charge on any atom is 0.269 e. The predicted molar refractivity (Wildman–Crippen MR) is 122 cm³/mol. The lowest BCUT2D eigenvalue weighted by Crippen LogP contribution is -2.48. The minimum Gasteiger partial charge on any atom is -0.379 e.